The highest BCUT2D eigenvalue weighted by Crippen LogP contribution is 2.36. The van der Waals surface area contributed by atoms with Gasteiger partial charge in [-0.15, -0.1) is 0 Å². The van der Waals surface area contributed by atoms with Crippen molar-refractivity contribution in [3.05, 3.63) is 174 Å². The van der Waals surface area contributed by atoms with Crippen LogP contribution < -0.4 is 4.90 Å². The summed E-state index contributed by atoms with van der Waals surface area (Å²) in [7, 11) is 0. The quantitative estimate of drug-likeness (QED) is 0.231. The number of hydrogen-bond acceptors (Lipinski definition) is 3. The Morgan fingerprint density at radius 2 is 0.750 bits per heavy atom. The first kappa shape index (κ1) is 25.0. The molecule has 3 aliphatic rings. The molecule has 3 nitrogen and oxygen atoms in total. The van der Waals surface area contributed by atoms with Gasteiger partial charge in [0.2, 0.25) is 0 Å². The number of rotatable bonds is 3. The molecule has 0 aromatic heterocycles. The third kappa shape index (κ3) is 5.59. The van der Waals surface area contributed by atoms with Gasteiger partial charge in [-0.2, -0.15) is 0 Å². The molecule has 5 aromatic carbocycles. The van der Waals surface area contributed by atoms with Gasteiger partial charge >= 0.3 is 0 Å². The molecular formula is C37H29N3. The Balaban J connectivity index is 0.000000118. The fourth-order valence-electron chi connectivity index (χ4n) is 5.02. The van der Waals surface area contributed by atoms with E-state index < -0.39 is 0 Å². The Bertz CT molecular complexity index is 1540. The van der Waals surface area contributed by atoms with Crippen molar-refractivity contribution in [3.63, 3.8) is 0 Å². The van der Waals surface area contributed by atoms with E-state index >= 15 is 0 Å². The first-order valence-corrected chi connectivity index (χ1v) is 13.5. The van der Waals surface area contributed by atoms with Crippen molar-refractivity contribution >= 4 is 29.5 Å². The predicted octanol–water partition coefficient (Wildman–Crippen LogP) is 9.34. The summed E-state index contributed by atoms with van der Waals surface area (Å²) in [5.74, 6) is 0. The lowest BCUT2D eigenvalue weighted by atomic mass is 10.1. The number of nitrogens with zero attached hydrogens (tertiary/aromatic N) is 3. The minimum atomic E-state index is 0.991. The molecule has 0 atom stereocenters. The molecule has 0 amide bonds. The van der Waals surface area contributed by atoms with Gasteiger partial charge in [0, 0.05) is 29.5 Å². The fourth-order valence-corrected chi connectivity index (χ4v) is 5.02. The van der Waals surface area contributed by atoms with E-state index in [0.717, 1.165) is 17.8 Å². The van der Waals surface area contributed by atoms with Crippen LogP contribution in [0.5, 0.6) is 0 Å². The van der Waals surface area contributed by atoms with Crippen LogP contribution in [0.25, 0.3) is 11.1 Å². The summed E-state index contributed by atoms with van der Waals surface area (Å²) in [6.07, 6.45) is 8.42. The monoisotopic (exact) mass is 515 g/mol. The van der Waals surface area contributed by atoms with E-state index in [1.165, 1.54) is 39.3 Å². The third-order valence-corrected chi connectivity index (χ3v) is 6.90. The maximum atomic E-state index is 4.02. The van der Waals surface area contributed by atoms with E-state index in [1.807, 2.05) is 30.4 Å². The third-order valence-electron chi connectivity index (χ3n) is 6.90. The van der Waals surface area contributed by atoms with E-state index in [-0.39, 0.29) is 0 Å². The summed E-state index contributed by atoms with van der Waals surface area (Å²) in [6.45, 7) is 0. The molecule has 1 aliphatic carbocycles. The van der Waals surface area contributed by atoms with Crippen molar-refractivity contribution in [3.8, 4) is 11.1 Å². The maximum Gasteiger partial charge on any atom is 0.0901 e. The smallest absolute Gasteiger partial charge is 0.0901 e. The minimum Gasteiger partial charge on any atom is -0.311 e. The van der Waals surface area contributed by atoms with Gasteiger partial charge in [-0.3, -0.25) is 9.98 Å². The summed E-state index contributed by atoms with van der Waals surface area (Å²) in [6, 6.07) is 48.6. The molecule has 0 fully saturated rings. The topological polar surface area (TPSA) is 28.0 Å². The maximum absolute atomic E-state index is 4.02. The van der Waals surface area contributed by atoms with E-state index in [0.29, 0.717) is 0 Å². The fraction of sp³-hybridized carbons (Fsp3) is 0.0270. The average Bonchev–Trinajstić information content (AvgIpc) is 3.76. The second kappa shape index (κ2) is 12.1. The second-order valence-electron chi connectivity index (χ2n) is 9.49. The second-order valence-corrected chi connectivity index (χ2v) is 9.49. The zero-order valence-corrected chi connectivity index (χ0v) is 22.1. The van der Waals surface area contributed by atoms with Crippen molar-refractivity contribution in [1.29, 1.82) is 0 Å². The molecule has 0 N–H and O–H groups in total. The molecule has 8 rings (SSSR count). The molecule has 0 radical (unpaired) electrons. The van der Waals surface area contributed by atoms with Crippen LogP contribution in [0.15, 0.2) is 173 Å². The number of aliphatic imine (C=N–C) groups is 2. The Labute approximate surface area is 235 Å². The number of para-hydroxylation sites is 3. The van der Waals surface area contributed by atoms with Gasteiger partial charge in [0.15, 0.2) is 0 Å². The predicted molar refractivity (Wildman–Crippen MR) is 169 cm³/mol. The van der Waals surface area contributed by atoms with Gasteiger partial charge < -0.3 is 4.90 Å². The highest BCUT2D eigenvalue weighted by atomic mass is 15.1. The summed E-state index contributed by atoms with van der Waals surface area (Å²) < 4.78 is 0. The van der Waals surface area contributed by atoms with Gasteiger partial charge in [0.05, 0.1) is 11.4 Å². The molecule has 0 bridgehead atoms. The molecule has 192 valence electrons. The first-order valence-electron chi connectivity index (χ1n) is 13.5. The van der Waals surface area contributed by atoms with Crippen LogP contribution in [0.1, 0.15) is 11.1 Å². The number of anilines is 3. The zero-order chi connectivity index (χ0) is 27.0. The molecule has 0 unspecified atom stereocenters. The van der Waals surface area contributed by atoms with E-state index in [9.17, 15) is 0 Å². The zero-order valence-electron chi connectivity index (χ0n) is 22.1. The Morgan fingerprint density at radius 3 is 1.15 bits per heavy atom. The molecule has 0 saturated heterocycles. The van der Waals surface area contributed by atoms with Crippen LogP contribution in [0.4, 0.5) is 17.1 Å². The normalized spacial score (nSPS) is 13.0. The molecule has 2 heterocycles. The van der Waals surface area contributed by atoms with Crippen molar-refractivity contribution in [2.24, 2.45) is 9.98 Å². The average molecular weight is 516 g/mol. The molecule has 2 aliphatic heterocycles. The number of fused-ring (bicyclic) bond motifs is 4. The lowest BCUT2D eigenvalue weighted by Crippen LogP contribution is -2.09. The summed E-state index contributed by atoms with van der Waals surface area (Å²) in [4.78, 5) is 10.3. The Hall–Kier alpha value is -5.28. The van der Waals surface area contributed by atoms with E-state index in [2.05, 4.69) is 136 Å². The summed E-state index contributed by atoms with van der Waals surface area (Å²) >= 11 is 0. The van der Waals surface area contributed by atoms with Crippen molar-refractivity contribution in [2.45, 2.75) is 6.42 Å². The van der Waals surface area contributed by atoms with Crippen molar-refractivity contribution in [2.75, 3.05) is 4.90 Å². The molecule has 5 aromatic rings. The van der Waals surface area contributed by atoms with Gasteiger partial charge in [-0.05, 0) is 77.2 Å². The largest absolute Gasteiger partial charge is 0.311 e. The van der Waals surface area contributed by atoms with Crippen LogP contribution in [0, 0.1) is 0 Å². The number of allylic oxidation sites excluding steroid dienone is 2. The Kier molecular flexibility index (Phi) is 7.54. The van der Waals surface area contributed by atoms with Crippen molar-refractivity contribution < 1.29 is 0 Å². The minimum absolute atomic E-state index is 0.991. The molecular weight excluding hydrogens is 486 g/mol. The van der Waals surface area contributed by atoms with Crippen molar-refractivity contribution in [1.82, 2.24) is 0 Å². The van der Waals surface area contributed by atoms with Gasteiger partial charge in [0.1, 0.15) is 0 Å². The SMILES string of the molecule is C1=NC2=CC=NC2=C1.c1ccc(N(c2ccccc2)c2ccccc2)cc1.c1ccc2c(c1)Cc1ccccc1-2. The van der Waals surface area contributed by atoms with Gasteiger partial charge in [-0.25, -0.2) is 0 Å². The molecule has 3 heteroatoms. The molecule has 0 saturated carbocycles. The van der Waals surface area contributed by atoms with Crippen LogP contribution in [-0.4, -0.2) is 12.4 Å². The summed E-state index contributed by atoms with van der Waals surface area (Å²) in [5.41, 5.74) is 11.2. The van der Waals surface area contributed by atoms with Crippen LogP contribution in [0.3, 0.4) is 0 Å². The standard InChI is InChI=1S/C18H15N.C13H10.C6H4N2/c1-4-10-16(11-5-1)19(17-12-6-2-7-13-17)18-14-8-3-9-15-18;1-3-7-12-10(5-1)9-11-6-2-4-8-13(11)12;1-3-7-6-2-4-8-5(1)6/h1-15H;1-8H,9H2;1-4H. The lowest BCUT2D eigenvalue weighted by Gasteiger charge is -2.25. The summed E-state index contributed by atoms with van der Waals surface area (Å²) in [5, 5.41) is 0. The molecule has 0 spiro atoms. The number of hydrogen-bond donors (Lipinski definition) is 0. The van der Waals surface area contributed by atoms with Crippen LogP contribution in [-0.2, 0) is 6.42 Å². The Morgan fingerprint density at radius 1 is 0.400 bits per heavy atom. The van der Waals surface area contributed by atoms with E-state index in [4.69, 9.17) is 0 Å². The first-order chi connectivity index (χ1) is 19.9. The highest BCUT2D eigenvalue weighted by Gasteiger charge is 2.16. The van der Waals surface area contributed by atoms with Crippen LogP contribution >= 0.6 is 0 Å². The highest BCUT2D eigenvalue weighted by molar-refractivity contribution is 5.88. The number of benzene rings is 5. The van der Waals surface area contributed by atoms with Gasteiger partial charge in [-0.1, -0.05) is 103 Å². The lowest BCUT2D eigenvalue weighted by molar-refractivity contribution is 1.26. The molecule has 40 heavy (non-hydrogen) atoms. The van der Waals surface area contributed by atoms with Gasteiger partial charge in [0.25, 0.3) is 0 Å². The van der Waals surface area contributed by atoms with E-state index in [1.54, 1.807) is 12.4 Å². The van der Waals surface area contributed by atoms with Crippen LogP contribution in [0.2, 0.25) is 0 Å².